The van der Waals surface area contributed by atoms with Crippen LogP contribution in [-0.4, -0.2) is 15.9 Å². The predicted molar refractivity (Wildman–Crippen MR) is 88.1 cm³/mol. The van der Waals surface area contributed by atoms with Gasteiger partial charge in [0.05, 0.1) is 25.7 Å². The highest BCUT2D eigenvalue weighted by molar-refractivity contribution is 7.80. The van der Waals surface area contributed by atoms with Gasteiger partial charge in [-0.1, -0.05) is 0 Å². The van der Waals surface area contributed by atoms with Crippen LogP contribution in [-0.2, 0) is 7.05 Å². The zero-order chi connectivity index (χ0) is 15.6. The van der Waals surface area contributed by atoms with Crippen LogP contribution < -0.4 is 44.6 Å². The summed E-state index contributed by atoms with van der Waals surface area (Å²) in [7, 11) is 1.73. The third kappa shape index (κ3) is 4.34. The van der Waals surface area contributed by atoms with Crippen molar-refractivity contribution < 1.29 is 28.5 Å². The van der Waals surface area contributed by atoms with Crippen LogP contribution >= 0.6 is 23.6 Å². The minimum atomic E-state index is -0.0616. The fraction of sp³-hybridized carbons (Fsp3) is 0.231. The summed E-state index contributed by atoms with van der Waals surface area (Å²) in [5.41, 5.74) is 10.0. The van der Waals surface area contributed by atoms with Crippen LogP contribution in [0.5, 0.6) is 0 Å². The summed E-state index contributed by atoms with van der Waals surface area (Å²) in [5.74, 6) is 0.755. The van der Waals surface area contributed by atoms with Gasteiger partial charge in [0, 0.05) is 0 Å². The lowest BCUT2D eigenvalue weighted by molar-refractivity contribution is -0.602. The van der Waals surface area contributed by atoms with Crippen LogP contribution in [0.1, 0.15) is 16.0 Å². The molecule has 0 atom stereocenters. The number of nitrogens with two attached hydrogens (primary N) is 1. The molecule has 2 heterocycles. The molecule has 0 amide bonds. The van der Waals surface area contributed by atoms with Gasteiger partial charge in [0.2, 0.25) is 0 Å². The minimum absolute atomic E-state index is 0. The van der Waals surface area contributed by atoms with Gasteiger partial charge in [-0.15, -0.1) is 0 Å². The van der Waals surface area contributed by atoms with Gasteiger partial charge in [-0.3, -0.25) is 5.43 Å². The molecule has 0 aliphatic heterocycles. The van der Waals surface area contributed by atoms with Gasteiger partial charge in [-0.2, -0.15) is 9.67 Å². The number of thiocarbonyl (C=S) groups is 1. The molecule has 3 N–H and O–H groups in total. The molecule has 0 aliphatic rings. The third-order valence-corrected chi connectivity index (χ3v) is 3.80. The van der Waals surface area contributed by atoms with E-state index >= 15 is 0 Å². The van der Waals surface area contributed by atoms with E-state index in [0.29, 0.717) is 0 Å². The molecule has 2 aromatic heterocycles. The summed E-state index contributed by atoms with van der Waals surface area (Å²) < 4.78 is 3.51. The maximum absolute atomic E-state index is 11.9. The third-order valence-electron chi connectivity index (χ3n) is 2.75. The van der Waals surface area contributed by atoms with E-state index in [1.807, 2.05) is 30.8 Å². The van der Waals surface area contributed by atoms with Crippen molar-refractivity contribution in [1.29, 1.82) is 0 Å². The number of aryl methyl sites for hydroxylation is 2. The first-order chi connectivity index (χ1) is 9.88. The number of nitrogens with zero attached hydrogens (tertiary/aromatic N) is 3. The fourth-order valence-electron chi connectivity index (χ4n) is 2.03. The lowest BCUT2D eigenvalue weighted by atomic mass is 10.2. The second kappa shape index (κ2) is 7.79. The summed E-state index contributed by atoms with van der Waals surface area (Å²) in [6.07, 6.45) is 5.48. The highest BCUT2D eigenvalue weighted by atomic mass is 127. The number of nitrogens with one attached hydrogen (secondary N) is 1. The molecule has 0 fully saturated rings. The first-order valence-corrected chi connectivity index (χ1v) is 7.39. The van der Waals surface area contributed by atoms with Gasteiger partial charge in [-0.05, 0) is 54.6 Å². The molecular weight excluding hydrogens is 433 g/mol. The maximum Gasteiger partial charge on any atom is 0.392 e. The van der Waals surface area contributed by atoms with Crippen molar-refractivity contribution in [2.75, 3.05) is 0 Å². The van der Waals surface area contributed by atoms with E-state index in [9.17, 15) is 4.79 Å². The van der Waals surface area contributed by atoms with Gasteiger partial charge < -0.3 is 29.7 Å². The Bertz CT molecular complexity index is 761. The zero-order valence-corrected chi connectivity index (χ0v) is 16.1. The molecule has 22 heavy (non-hydrogen) atoms. The van der Waals surface area contributed by atoms with Gasteiger partial charge in [-0.25, -0.2) is 9.36 Å². The second-order valence-electron chi connectivity index (χ2n) is 4.65. The first-order valence-electron chi connectivity index (χ1n) is 6.16. The summed E-state index contributed by atoms with van der Waals surface area (Å²) in [4.78, 5) is 12.6. The molecule has 2 aromatic rings. The number of aromatic nitrogens is 2. The number of rotatable bonds is 3. The molecule has 0 spiro atoms. The summed E-state index contributed by atoms with van der Waals surface area (Å²) in [6.45, 7) is 4.02. The average molecular weight is 449 g/mol. The molecule has 0 radical (unpaired) electrons. The van der Waals surface area contributed by atoms with Crippen LogP contribution in [0.25, 0.3) is 5.82 Å². The number of pyridine rings is 1. The molecule has 6 nitrogen and oxygen atoms in total. The Kier molecular flexibility index (Phi) is 6.63. The largest absolute Gasteiger partial charge is 1.00 e. The van der Waals surface area contributed by atoms with E-state index in [4.69, 9.17) is 5.73 Å². The molecule has 0 aromatic carbocycles. The maximum atomic E-state index is 11.9. The lowest BCUT2D eigenvalue weighted by Crippen LogP contribution is -3.00. The van der Waals surface area contributed by atoms with Crippen molar-refractivity contribution in [3.05, 3.63) is 44.1 Å². The topological polar surface area (TPSA) is 76.3 Å². The van der Waals surface area contributed by atoms with E-state index in [0.717, 1.165) is 33.2 Å². The second-order valence-corrected chi connectivity index (χ2v) is 6.08. The molecule has 0 unspecified atom stereocenters. The van der Waals surface area contributed by atoms with E-state index in [2.05, 4.69) is 28.8 Å². The lowest BCUT2D eigenvalue weighted by Gasteiger charge is -2.02. The SMILES string of the molecule is Cc1cc(C)c[n+](-c2c(/C=N/NC(N)=S)sc(=O)n2C)c1.[I-]. The van der Waals surface area contributed by atoms with Gasteiger partial charge in [0.25, 0.3) is 0 Å². The van der Waals surface area contributed by atoms with Crippen molar-refractivity contribution in [3.63, 3.8) is 0 Å². The molecule has 0 saturated carbocycles. The molecule has 2 rings (SSSR count). The smallest absolute Gasteiger partial charge is 0.392 e. The van der Waals surface area contributed by atoms with Gasteiger partial charge in [0.15, 0.2) is 5.11 Å². The number of hydrazone groups is 1. The average Bonchev–Trinajstić information content (AvgIpc) is 2.63. The van der Waals surface area contributed by atoms with Crippen molar-refractivity contribution in [2.45, 2.75) is 13.8 Å². The molecule has 0 bridgehead atoms. The Balaban J connectivity index is 0.00000242. The molecular formula is C13H16IN5OS2. The Hall–Kier alpha value is -1.33. The highest BCUT2D eigenvalue weighted by Crippen LogP contribution is 2.10. The van der Waals surface area contributed by atoms with E-state index in [1.54, 1.807) is 17.8 Å². The van der Waals surface area contributed by atoms with Crippen molar-refractivity contribution in [3.8, 4) is 5.82 Å². The predicted octanol–water partition coefficient (Wildman–Crippen LogP) is -2.49. The Morgan fingerprint density at radius 3 is 2.59 bits per heavy atom. The molecule has 0 saturated heterocycles. The zero-order valence-electron chi connectivity index (χ0n) is 12.3. The molecule has 118 valence electrons. The van der Waals surface area contributed by atoms with Crippen molar-refractivity contribution in [2.24, 2.45) is 17.9 Å². The monoisotopic (exact) mass is 449 g/mol. The van der Waals surface area contributed by atoms with Crippen molar-refractivity contribution >= 4 is 34.9 Å². The molecule has 0 aliphatic carbocycles. The van der Waals surface area contributed by atoms with Crippen LogP contribution in [0.4, 0.5) is 0 Å². The van der Waals surface area contributed by atoms with E-state index in [1.165, 1.54) is 0 Å². The standard InChI is InChI=1S/C13H15N5OS2.HI/c1-8-4-9(2)7-18(6-8)11-10(5-15-16-12(14)20)21-13(19)17(11)3;/h4-7H,1-3H3,(H2-,14,16,20);1H/b15-5+;. The van der Waals surface area contributed by atoms with E-state index in [-0.39, 0.29) is 34.0 Å². The van der Waals surface area contributed by atoms with Crippen LogP contribution in [0.2, 0.25) is 0 Å². The van der Waals surface area contributed by atoms with Crippen LogP contribution in [0, 0.1) is 13.8 Å². The summed E-state index contributed by atoms with van der Waals surface area (Å²) in [6, 6.07) is 2.07. The van der Waals surface area contributed by atoms with Crippen LogP contribution in [0.3, 0.4) is 0 Å². The van der Waals surface area contributed by atoms with Crippen molar-refractivity contribution in [1.82, 2.24) is 9.99 Å². The number of hydrogen-bond acceptors (Lipinski definition) is 4. The summed E-state index contributed by atoms with van der Waals surface area (Å²) >= 11 is 5.80. The minimum Gasteiger partial charge on any atom is -1.00 e. The fourth-order valence-corrected chi connectivity index (χ4v) is 2.93. The molecule has 9 heteroatoms. The Morgan fingerprint density at radius 1 is 1.45 bits per heavy atom. The van der Waals surface area contributed by atoms with Gasteiger partial charge >= 0.3 is 10.7 Å². The van der Waals surface area contributed by atoms with Crippen LogP contribution in [0.15, 0.2) is 28.4 Å². The number of thiazole rings is 1. The highest BCUT2D eigenvalue weighted by Gasteiger charge is 2.21. The van der Waals surface area contributed by atoms with E-state index < -0.39 is 0 Å². The Labute approximate surface area is 154 Å². The normalized spacial score (nSPS) is 10.5. The van der Waals surface area contributed by atoms with Gasteiger partial charge in [0.1, 0.15) is 4.88 Å². The first kappa shape index (κ1) is 18.7. The number of hydrogen-bond donors (Lipinski definition) is 2. The summed E-state index contributed by atoms with van der Waals surface area (Å²) in [5, 5.41) is 4.01. The quantitative estimate of drug-likeness (QED) is 0.179. The number of halogens is 1. The Morgan fingerprint density at radius 2 is 2.05 bits per heavy atom.